The van der Waals surface area contributed by atoms with Crippen molar-refractivity contribution in [3.05, 3.63) is 23.3 Å². The molecule has 0 fully saturated rings. The third-order valence-electron chi connectivity index (χ3n) is 1.80. The van der Waals surface area contributed by atoms with Gasteiger partial charge < -0.3 is 5.73 Å². The van der Waals surface area contributed by atoms with E-state index in [0.717, 1.165) is 24.8 Å². The zero-order valence-electron chi connectivity index (χ0n) is 6.76. The van der Waals surface area contributed by atoms with Crippen molar-refractivity contribution in [3.8, 4) is 0 Å². The number of carbonyl (C=O) groups excluding carboxylic acids is 1. The largest absolute Gasteiger partial charge is 0.366 e. The first-order valence-corrected chi connectivity index (χ1v) is 3.85. The van der Waals surface area contributed by atoms with Crippen molar-refractivity contribution in [2.45, 2.75) is 26.2 Å². The Morgan fingerprint density at radius 3 is 2.91 bits per heavy atom. The Hall–Kier alpha value is -1.05. The second-order valence-corrected chi connectivity index (χ2v) is 2.97. The first-order valence-electron chi connectivity index (χ1n) is 3.85. The van der Waals surface area contributed by atoms with Gasteiger partial charge in [0.15, 0.2) is 0 Å². The van der Waals surface area contributed by atoms with E-state index in [2.05, 4.69) is 6.92 Å². The minimum absolute atomic E-state index is 0.342. The van der Waals surface area contributed by atoms with Crippen molar-refractivity contribution in [3.63, 3.8) is 0 Å². The van der Waals surface area contributed by atoms with Crippen molar-refractivity contribution in [1.29, 1.82) is 0 Å². The number of nitrogens with two attached hydrogens (primary N) is 1. The van der Waals surface area contributed by atoms with Gasteiger partial charge in [-0.05, 0) is 31.8 Å². The molecule has 0 saturated carbocycles. The molecule has 0 aromatic heterocycles. The Morgan fingerprint density at radius 2 is 2.36 bits per heavy atom. The third kappa shape index (κ3) is 2.58. The molecule has 0 spiro atoms. The molecule has 60 valence electrons. The predicted molar refractivity (Wildman–Crippen MR) is 44.9 cm³/mol. The van der Waals surface area contributed by atoms with E-state index in [4.69, 9.17) is 5.73 Å². The van der Waals surface area contributed by atoms with Crippen LogP contribution in [0.2, 0.25) is 0 Å². The molecule has 2 nitrogen and oxygen atoms in total. The molecule has 11 heavy (non-hydrogen) atoms. The summed E-state index contributed by atoms with van der Waals surface area (Å²) < 4.78 is 0. The summed E-state index contributed by atoms with van der Waals surface area (Å²) in [7, 11) is 0. The molecule has 0 saturated heterocycles. The molecule has 1 aliphatic carbocycles. The predicted octanol–water partition coefficient (Wildman–Crippen LogP) is 1.53. The lowest BCUT2D eigenvalue weighted by Crippen LogP contribution is -2.07. The average Bonchev–Trinajstić information content (AvgIpc) is 1.85. The summed E-state index contributed by atoms with van der Waals surface area (Å²) in [5, 5.41) is 0. The van der Waals surface area contributed by atoms with Crippen LogP contribution in [0.25, 0.3) is 0 Å². The summed E-state index contributed by atoms with van der Waals surface area (Å²) in [5.74, 6) is -0.342. The minimum Gasteiger partial charge on any atom is -0.366 e. The van der Waals surface area contributed by atoms with Gasteiger partial charge in [0, 0.05) is 6.08 Å². The van der Waals surface area contributed by atoms with Gasteiger partial charge in [-0.2, -0.15) is 0 Å². The molecule has 0 radical (unpaired) electrons. The van der Waals surface area contributed by atoms with Crippen molar-refractivity contribution in [2.24, 2.45) is 5.73 Å². The van der Waals surface area contributed by atoms with E-state index < -0.39 is 0 Å². The first-order chi connectivity index (χ1) is 5.18. The Labute approximate surface area is 66.8 Å². The fraction of sp³-hybridized carbons (Fsp3) is 0.444. The molecule has 1 amide bonds. The van der Waals surface area contributed by atoms with Gasteiger partial charge >= 0.3 is 0 Å². The molecule has 1 rings (SSSR count). The molecule has 1 aliphatic rings. The highest BCUT2D eigenvalue weighted by atomic mass is 16.1. The van der Waals surface area contributed by atoms with Crippen molar-refractivity contribution < 1.29 is 4.79 Å². The Kier molecular flexibility index (Phi) is 2.47. The van der Waals surface area contributed by atoms with Crippen LogP contribution in [0.1, 0.15) is 26.2 Å². The summed E-state index contributed by atoms with van der Waals surface area (Å²) >= 11 is 0. The minimum atomic E-state index is -0.342. The highest BCUT2D eigenvalue weighted by Crippen LogP contribution is 2.20. The van der Waals surface area contributed by atoms with Crippen molar-refractivity contribution >= 4 is 5.91 Å². The lowest BCUT2D eigenvalue weighted by Gasteiger charge is -2.10. The fourth-order valence-corrected chi connectivity index (χ4v) is 1.33. The molecule has 0 bridgehead atoms. The molecule has 2 heteroatoms. The first kappa shape index (κ1) is 8.05. The van der Waals surface area contributed by atoms with E-state index in [1.54, 1.807) is 0 Å². The van der Waals surface area contributed by atoms with Crippen LogP contribution < -0.4 is 5.73 Å². The van der Waals surface area contributed by atoms with Gasteiger partial charge in [0.2, 0.25) is 5.91 Å². The van der Waals surface area contributed by atoms with Crippen molar-refractivity contribution in [1.82, 2.24) is 0 Å². The van der Waals surface area contributed by atoms with Gasteiger partial charge in [0.25, 0.3) is 0 Å². The second-order valence-electron chi connectivity index (χ2n) is 2.97. The number of amides is 1. The molecule has 2 N–H and O–H groups in total. The van der Waals surface area contributed by atoms with E-state index >= 15 is 0 Å². The van der Waals surface area contributed by atoms with Crippen LogP contribution in [0.4, 0.5) is 0 Å². The zero-order chi connectivity index (χ0) is 8.27. The summed E-state index contributed by atoms with van der Waals surface area (Å²) in [6.45, 7) is 2.08. The van der Waals surface area contributed by atoms with Crippen LogP contribution >= 0.6 is 0 Å². The Morgan fingerprint density at radius 1 is 1.64 bits per heavy atom. The number of hydrogen-bond donors (Lipinski definition) is 1. The maximum atomic E-state index is 10.5. The van der Waals surface area contributed by atoms with E-state index in [1.807, 2.05) is 6.08 Å². The number of hydrogen-bond acceptors (Lipinski definition) is 1. The molecule has 0 aromatic rings. The maximum absolute atomic E-state index is 10.5. The van der Waals surface area contributed by atoms with Gasteiger partial charge in [-0.3, -0.25) is 4.79 Å². The molecular weight excluding hydrogens is 138 g/mol. The molecule has 0 heterocycles. The number of carbonyl (C=O) groups is 1. The van der Waals surface area contributed by atoms with E-state index in [0.29, 0.717) is 0 Å². The maximum Gasteiger partial charge on any atom is 0.241 e. The van der Waals surface area contributed by atoms with E-state index in [9.17, 15) is 4.79 Å². The summed E-state index contributed by atoms with van der Waals surface area (Å²) in [6, 6.07) is 0. The molecule has 0 aliphatic heterocycles. The molecule has 0 unspecified atom stereocenters. The van der Waals surface area contributed by atoms with Gasteiger partial charge in [-0.15, -0.1) is 0 Å². The van der Waals surface area contributed by atoms with Crippen LogP contribution in [-0.4, -0.2) is 5.91 Å². The standard InChI is InChI=1S/C9H13NO/c1-7-3-2-4-8(5-7)6-9(10)11/h5-6H,2-4H2,1H3,(H2,10,11)/b8-6+. The Balaban J connectivity index is 2.73. The monoisotopic (exact) mass is 151 g/mol. The quantitative estimate of drug-likeness (QED) is 0.567. The fourth-order valence-electron chi connectivity index (χ4n) is 1.33. The number of primary amides is 1. The van der Waals surface area contributed by atoms with Crippen LogP contribution in [0.15, 0.2) is 23.3 Å². The molecule has 0 atom stereocenters. The van der Waals surface area contributed by atoms with Crippen LogP contribution in [0.3, 0.4) is 0 Å². The second kappa shape index (κ2) is 3.37. The summed E-state index contributed by atoms with van der Waals surface area (Å²) in [4.78, 5) is 10.5. The van der Waals surface area contributed by atoms with E-state index in [-0.39, 0.29) is 5.91 Å². The summed E-state index contributed by atoms with van der Waals surface area (Å²) in [5.41, 5.74) is 7.43. The lowest BCUT2D eigenvalue weighted by molar-refractivity contribution is -0.113. The van der Waals surface area contributed by atoms with Gasteiger partial charge in [-0.1, -0.05) is 11.6 Å². The van der Waals surface area contributed by atoms with Crippen LogP contribution in [-0.2, 0) is 4.79 Å². The number of rotatable bonds is 1. The normalized spacial score (nSPS) is 21.5. The van der Waals surface area contributed by atoms with Crippen LogP contribution in [0.5, 0.6) is 0 Å². The summed E-state index contributed by atoms with van der Waals surface area (Å²) in [6.07, 6.45) is 6.84. The zero-order valence-corrected chi connectivity index (χ0v) is 6.76. The molecular formula is C9H13NO. The third-order valence-corrected chi connectivity index (χ3v) is 1.80. The van der Waals surface area contributed by atoms with Crippen LogP contribution in [0, 0.1) is 0 Å². The van der Waals surface area contributed by atoms with Gasteiger partial charge in [-0.25, -0.2) is 0 Å². The SMILES string of the molecule is CC1=C/C(=C/C(N)=O)CCC1. The van der Waals surface area contributed by atoms with E-state index in [1.165, 1.54) is 11.6 Å². The van der Waals surface area contributed by atoms with Gasteiger partial charge in [0.1, 0.15) is 0 Å². The topological polar surface area (TPSA) is 43.1 Å². The highest BCUT2D eigenvalue weighted by molar-refractivity contribution is 5.87. The Bertz CT molecular complexity index is 226. The van der Waals surface area contributed by atoms with Crippen molar-refractivity contribution in [2.75, 3.05) is 0 Å². The van der Waals surface area contributed by atoms with Gasteiger partial charge in [0.05, 0.1) is 0 Å². The molecule has 0 aromatic carbocycles. The highest BCUT2D eigenvalue weighted by Gasteiger charge is 2.03. The smallest absolute Gasteiger partial charge is 0.241 e. The average molecular weight is 151 g/mol. The lowest BCUT2D eigenvalue weighted by atomic mass is 9.96. The number of allylic oxidation sites excluding steroid dienone is 3.